The second-order valence-electron chi connectivity index (χ2n) is 13.1. The molecule has 0 amide bonds. The summed E-state index contributed by atoms with van der Waals surface area (Å²) < 4.78 is 0. The number of phenols is 2. The molecule has 0 fully saturated rings. The summed E-state index contributed by atoms with van der Waals surface area (Å²) >= 11 is 0. The van der Waals surface area contributed by atoms with Crippen molar-refractivity contribution in [3.05, 3.63) is 88.5 Å². The highest BCUT2D eigenvalue weighted by molar-refractivity contribution is 5.60. The van der Waals surface area contributed by atoms with Gasteiger partial charge in [0.05, 0.1) is 0 Å². The van der Waals surface area contributed by atoms with Crippen LogP contribution in [0.4, 0.5) is 5.69 Å². The number of anilines is 1. The van der Waals surface area contributed by atoms with E-state index in [0.717, 1.165) is 29.7 Å². The lowest BCUT2D eigenvalue weighted by Gasteiger charge is -2.35. The molecule has 0 aliphatic rings. The minimum atomic E-state index is -0.391. The van der Waals surface area contributed by atoms with Gasteiger partial charge < -0.3 is 15.1 Å². The molecule has 3 aromatic rings. The summed E-state index contributed by atoms with van der Waals surface area (Å²) in [7, 11) is 0. The number of nitrogens with zero attached hydrogens (tertiary/aromatic N) is 1. The van der Waals surface area contributed by atoms with E-state index in [1.54, 1.807) is 0 Å². The van der Waals surface area contributed by atoms with Crippen LogP contribution in [0.3, 0.4) is 0 Å². The van der Waals surface area contributed by atoms with Crippen molar-refractivity contribution in [2.24, 2.45) is 5.92 Å². The minimum absolute atomic E-state index is 0.209. The van der Waals surface area contributed by atoms with Crippen LogP contribution in [0.15, 0.2) is 60.7 Å². The van der Waals surface area contributed by atoms with E-state index in [4.69, 9.17) is 0 Å². The van der Waals surface area contributed by atoms with Gasteiger partial charge in [0.25, 0.3) is 0 Å². The van der Waals surface area contributed by atoms with E-state index in [2.05, 4.69) is 101 Å². The third-order valence-corrected chi connectivity index (χ3v) is 7.11. The van der Waals surface area contributed by atoms with Crippen molar-refractivity contribution in [3.63, 3.8) is 0 Å². The van der Waals surface area contributed by atoms with Gasteiger partial charge in [-0.25, -0.2) is 0 Å². The molecule has 3 heteroatoms. The zero-order chi connectivity index (χ0) is 27.5. The van der Waals surface area contributed by atoms with Crippen molar-refractivity contribution in [1.29, 1.82) is 0 Å². The molecular formula is C34H47NO2. The van der Waals surface area contributed by atoms with E-state index >= 15 is 0 Å². The minimum Gasteiger partial charge on any atom is -0.507 e. The van der Waals surface area contributed by atoms with Gasteiger partial charge in [0, 0.05) is 35.0 Å². The molecule has 0 aromatic heterocycles. The van der Waals surface area contributed by atoms with Crippen LogP contribution in [-0.4, -0.2) is 16.3 Å². The molecule has 1 atom stereocenters. The Hall–Kier alpha value is -2.94. The van der Waals surface area contributed by atoms with Crippen LogP contribution in [-0.2, 0) is 23.8 Å². The first-order valence-electron chi connectivity index (χ1n) is 13.7. The maximum atomic E-state index is 11.5. The van der Waals surface area contributed by atoms with Gasteiger partial charge in [0.15, 0.2) is 0 Å². The summed E-state index contributed by atoms with van der Waals surface area (Å²) in [6, 6.07) is 21.7. The van der Waals surface area contributed by atoms with Gasteiger partial charge in [0.1, 0.15) is 11.5 Å². The van der Waals surface area contributed by atoms with Crippen molar-refractivity contribution in [2.75, 3.05) is 4.90 Å². The van der Waals surface area contributed by atoms with E-state index in [0.29, 0.717) is 18.0 Å². The molecule has 3 nitrogen and oxygen atoms in total. The van der Waals surface area contributed by atoms with Crippen molar-refractivity contribution in [2.45, 2.75) is 98.6 Å². The summed E-state index contributed by atoms with van der Waals surface area (Å²) in [4.78, 5) is 2.40. The monoisotopic (exact) mass is 501 g/mol. The van der Waals surface area contributed by atoms with Crippen LogP contribution in [0.1, 0.15) is 96.6 Å². The fraction of sp³-hybridized carbons (Fsp3) is 0.471. The first kappa shape index (κ1) is 28.6. The summed E-state index contributed by atoms with van der Waals surface area (Å²) in [5.74, 6) is 0.979. The first-order chi connectivity index (χ1) is 17.2. The highest BCUT2D eigenvalue weighted by Crippen LogP contribution is 2.46. The molecule has 0 saturated heterocycles. The maximum absolute atomic E-state index is 11.5. The predicted octanol–water partition coefficient (Wildman–Crippen LogP) is 8.72. The third kappa shape index (κ3) is 7.09. The molecule has 0 bridgehead atoms. The Kier molecular flexibility index (Phi) is 8.67. The fourth-order valence-corrected chi connectivity index (χ4v) is 5.25. The number of rotatable bonds is 8. The molecule has 3 rings (SSSR count). The number of phenolic OH excluding ortho intramolecular Hbond substituents is 2. The second-order valence-corrected chi connectivity index (χ2v) is 13.1. The largest absolute Gasteiger partial charge is 0.507 e. The highest BCUT2D eigenvalue weighted by atomic mass is 16.3. The predicted molar refractivity (Wildman–Crippen MR) is 158 cm³/mol. The summed E-state index contributed by atoms with van der Waals surface area (Å²) in [5.41, 5.74) is 5.45. The molecule has 2 N–H and O–H groups in total. The number of benzene rings is 3. The molecule has 1 unspecified atom stereocenters. The molecular weight excluding hydrogens is 454 g/mol. The zero-order valence-electron chi connectivity index (χ0n) is 24.4. The van der Waals surface area contributed by atoms with Crippen molar-refractivity contribution >= 4 is 5.69 Å². The molecule has 3 aromatic carbocycles. The Labute approximate surface area is 225 Å². The average Bonchev–Trinajstić information content (AvgIpc) is 2.78. The van der Waals surface area contributed by atoms with Crippen LogP contribution in [0.25, 0.3) is 0 Å². The molecule has 200 valence electrons. The quantitative estimate of drug-likeness (QED) is 0.324. The fourth-order valence-electron chi connectivity index (χ4n) is 5.25. The van der Waals surface area contributed by atoms with Crippen molar-refractivity contribution in [1.82, 2.24) is 0 Å². The second kappa shape index (κ2) is 11.2. The molecule has 0 radical (unpaired) electrons. The molecule has 0 saturated carbocycles. The first-order valence-corrected chi connectivity index (χ1v) is 13.7. The van der Waals surface area contributed by atoms with Gasteiger partial charge in [-0.15, -0.1) is 0 Å². The number of aromatic hydroxyl groups is 2. The Morgan fingerprint density at radius 3 is 1.81 bits per heavy atom. The Morgan fingerprint density at radius 1 is 0.730 bits per heavy atom. The van der Waals surface area contributed by atoms with E-state index in [1.165, 1.54) is 11.1 Å². The van der Waals surface area contributed by atoms with Crippen LogP contribution in [0, 0.1) is 5.92 Å². The van der Waals surface area contributed by atoms with Gasteiger partial charge in [-0.1, -0.05) is 97.9 Å². The van der Waals surface area contributed by atoms with Gasteiger partial charge >= 0.3 is 0 Å². The summed E-state index contributed by atoms with van der Waals surface area (Å²) in [6.07, 6.45) is 1.95. The van der Waals surface area contributed by atoms with E-state index in [1.807, 2.05) is 26.8 Å². The van der Waals surface area contributed by atoms with E-state index < -0.39 is 5.41 Å². The summed E-state index contributed by atoms with van der Waals surface area (Å²) in [5, 5.41) is 22.7. The van der Waals surface area contributed by atoms with E-state index in [9.17, 15) is 10.2 Å². The topological polar surface area (TPSA) is 43.7 Å². The Morgan fingerprint density at radius 2 is 1.30 bits per heavy atom. The van der Waals surface area contributed by atoms with Crippen LogP contribution in [0.5, 0.6) is 11.5 Å². The van der Waals surface area contributed by atoms with Gasteiger partial charge in [-0.2, -0.15) is 0 Å². The normalized spacial score (nSPS) is 13.1. The van der Waals surface area contributed by atoms with Gasteiger partial charge in [-0.05, 0) is 65.8 Å². The lowest BCUT2D eigenvalue weighted by atomic mass is 9.77. The highest BCUT2D eigenvalue weighted by Gasteiger charge is 2.31. The number of hydrogen-bond donors (Lipinski definition) is 2. The van der Waals surface area contributed by atoms with Crippen molar-refractivity contribution < 1.29 is 10.2 Å². The maximum Gasteiger partial charge on any atom is 0.128 e. The molecule has 0 aliphatic carbocycles. The standard InChI is InChI=1S/C34H47NO2/c1-23(2)19-24(3)35(28-17-15-26(16-18-28)20-25-13-11-10-12-14-25)22-27-21-29(33(4,5)6)32(37)30(31(27)36)34(7,8)9/h10-18,21,23-24,36-37H,19-20,22H2,1-9H3. The van der Waals surface area contributed by atoms with Gasteiger partial charge in [-0.3, -0.25) is 0 Å². The smallest absolute Gasteiger partial charge is 0.128 e. The van der Waals surface area contributed by atoms with Crippen molar-refractivity contribution in [3.8, 4) is 11.5 Å². The Bertz CT molecular complexity index is 1170. The molecule has 0 heterocycles. The Balaban J connectivity index is 2.04. The average molecular weight is 502 g/mol. The third-order valence-electron chi connectivity index (χ3n) is 7.11. The number of hydrogen-bond acceptors (Lipinski definition) is 3. The zero-order valence-corrected chi connectivity index (χ0v) is 24.4. The van der Waals surface area contributed by atoms with Crippen LogP contribution >= 0.6 is 0 Å². The molecule has 0 spiro atoms. The van der Waals surface area contributed by atoms with Crippen LogP contribution in [0.2, 0.25) is 0 Å². The lowest BCUT2D eigenvalue weighted by Crippen LogP contribution is -2.34. The van der Waals surface area contributed by atoms with E-state index in [-0.39, 0.29) is 23.0 Å². The SMILES string of the molecule is CC(C)CC(C)N(Cc1cc(C(C)(C)C)c(O)c(C(C)(C)C)c1O)c1ccc(Cc2ccccc2)cc1. The molecule has 0 aliphatic heterocycles. The lowest BCUT2D eigenvalue weighted by molar-refractivity contribution is 0.392. The summed E-state index contributed by atoms with van der Waals surface area (Å²) in [6.45, 7) is 19.8. The van der Waals surface area contributed by atoms with Crippen LogP contribution < -0.4 is 4.90 Å². The van der Waals surface area contributed by atoms with Gasteiger partial charge in [0.2, 0.25) is 0 Å². The molecule has 37 heavy (non-hydrogen) atoms.